The van der Waals surface area contributed by atoms with Crippen LogP contribution >= 0.6 is 0 Å². The van der Waals surface area contributed by atoms with Crippen molar-refractivity contribution in [2.45, 2.75) is 25.4 Å². The van der Waals surface area contributed by atoms with Gasteiger partial charge in [0.1, 0.15) is 11.9 Å². The molecular weight excluding hydrogens is 253 g/mol. The van der Waals surface area contributed by atoms with Crippen molar-refractivity contribution in [1.29, 1.82) is 5.26 Å². The highest BCUT2D eigenvalue weighted by Gasteiger charge is 2.29. The molecule has 0 bridgehead atoms. The summed E-state index contributed by atoms with van der Waals surface area (Å²) in [6, 6.07) is 8.67. The second-order valence-corrected chi connectivity index (χ2v) is 5.41. The Morgan fingerprint density at radius 3 is 2.90 bits per heavy atom. The number of aromatic nitrogens is 1. The van der Waals surface area contributed by atoms with E-state index in [1.807, 2.05) is 29.1 Å². The largest absolute Gasteiger partial charge is 0.350 e. The van der Waals surface area contributed by atoms with Gasteiger partial charge in [0.15, 0.2) is 0 Å². The maximum absolute atomic E-state index is 13.3. The van der Waals surface area contributed by atoms with Gasteiger partial charge in [-0.25, -0.2) is 4.39 Å². The lowest BCUT2D eigenvalue weighted by Gasteiger charge is -2.08. The highest BCUT2D eigenvalue weighted by atomic mass is 19.1. The van der Waals surface area contributed by atoms with E-state index >= 15 is 0 Å². The van der Waals surface area contributed by atoms with Crippen LogP contribution in [0.15, 0.2) is 36.7 Å². The Kier molecular flexibility index (Phi) is 3.29. The number of halogens is 1. The molecule has 3 rings (SSSR count). The number of benzene rings is 1. The molecule has 20 heavy (non-hydrogen) atoms. The van der Waals surface area contributed by atoms with Crippen LogP contribution < -0.4 is 5.73 Å². The molecule has 2 N–H and O–H groups in total. The molecule has 1 aliphatic carbocycles. The van der Waals surface area contributed by atoms with E-state index in [1.54, 1.807) is 12.1 Å². The summed E-state index contributed by atoms with van der Waals surface area (Å²) in [4.78, 5) is 0. The summed E-state index contributed by atoms with van der Waals surface area (Å²) < 4.78 is 15.3. The highest BCUT2D eigenvalue weighted by molar-refractivity contribution is 5.34. The molecular formula is C16H16FN3. The summed E-state index contributed by atoms with van der Waals surface area (Å²) in [6.07, 6.45) is 6.46. The standard InChI is InChI=1S/C16H16FN3/c17-15-4-1-11(7-14(15)8-18)9-20-6-5-13(10-20)16(19)12-2-3-12/h1,4-7,10,12,16H,2-3,9,19H2. The minimum atomic E-state index is -0.472. The van der Waals surface area contributed by atoms with Crippen molar-refractivity contribution in [3.8, 4) is 6.07 Å². The maximum Gasteiger partial charge on any atom is 0.140 e. The molecule has 2 aromatic rings. The van der Waals surface area contributed by atoms with E-state index in [4.69, 9.17) is 11.0 Å². The molecule has 3 nitrogen and oxygen atoms in total. The Morgan fingerprint density at radius 1 is 1.40 bits per heavy atom. The van der Waals surface area contributed by atoms with Gasteiger partial charge in [0.05, 0.1) is 5.56 Å². The van der Waals surface area contributed by atoms with Crippen LogP contribution in [0, 0.1) is 23.1 Å². The number of nitriles is 1. The monoisotopic (exact) mass is 269 g/mol. The van der Waals surface area contributed by atoms with Gasteiger partial charge in [-0.05, 0) is 48.1 Å². The lowest BCUT2D eigenvalue weighted by molar-refractivity contribution is 0.621. The van der Waals surface area contributed by atoms with Crippen LogP contribution in [0.5, 0.6) is 0 Å². The van der Waals surface area contributed by atoms with E-state index in [9.17, 15) is 4.39 Å². The molecule has 0 aliphatic heterocycles. The van der Waals surface area contributed by atoms with E-state index in [-0.39, 0.29) is 11.6 Å². The SMILES string of the molecule is N#Cc1cc(Cn2ccc(C(N)C3CC3)c2)ccc1F. The zero-order valence-electron chi connectivity index (χ0n) is 11.1. The number of nitrogens with two attached hydrogens (primary N) is 1. The van der Waals surface area contributed by atoms with Gasteiger partial charge in [-0.2, -0.15) is 5.26 Å². The normalized spacial score (nSPS) is 15.8. The summed E-state index contributed by atoms with van der Waals surface area (Å²) in [6.45, 7) is 0.617. The van der Waals surface area contributed by atoms with Crippen molar-refractivity contribution < 1.29 is 4.39 Å². The predicted octanol–water partition coefficient (Wildman–Crippen LogP) is 2.96. The molecule has 4 heteroatoms. The fourth-order valence-electron chi connectivity index (χ4n) is 2.45. The Hall–Kier alpha value is -2.12. The lowest BCUT2D eigenvalue weighted by Crippen LogP contribution is -2.11. The molecule has 1 fully saturated rings. The average Bonchev–Trinajstić information content (AvgIpc) is 3.20. The van der Waals surface area contributed by atoms with Gasteiger partial charge in [-0.15, -0.1) is 0 Å². The van der Waals surface area contributed by atoms with Crippen molar-refractivity contribution >= 4 is 0 Å². The number of nitrogens with zero attached hydrogens (tertiary/aromatic N) is 2. The highest BCUT2D eigenvalue weighted by Crippen LogP contribution is 2.39. The van der Waals surface area contributed by atoms with Crippen molar-refractivity contribution in [3.05, 3.63) is 59.2 Å². The quantitative estimate of drug-likeness (QED) is 0.927. The van der Waals surface area contributed by atoms with Gasteiger partial charge in [0.2, 0.25) is 0 Å². The number of rotatable bonds is 4. The van der Waals surface area contributed by atoms with E-state index in [0.29, 0.717) is 12.5 Å². The molecule has 1 aliphatic rings. The van der Waals surface area contributed by atoms with Crippen LogP contribution in [-0.4, -0.2) is 4.57 Å². The summed E-state index contributed by atoms with van der Waals surface area (Å²) in [5.74, 6) is 0.155. The Balaban J connectivity index is 1.76. The zero-order chi connectivity index (χ0) is 14.1. The minimum Gasteiger partial charge on any atom is -0.350 e. The van der Waals surface area contributed by atoms with Crippen LogP contribution in [0.2, 0.25) is 0 Å². The molecule has 0 spiro atoms. The first kappa shape index (κ1) is 12.9. The Morgan fingerprint density at radius 2 is 2.20 bits per heavy atom. The van der Waals surface area contributed by atoms with Crippen LogP contribution in [0.4, 0.5) is 4.39 Å². The molecule has 1 aromatic heterocycles. The predicted molar refractivity (Wildman–Crippen MR) is 74.3 cm³/mol. The van der Waals surface area contributed by atoms with Crippen LogP contribution in [0.25, 0.3) is 0 Å². The molecule has 1 heterocycles. The van der Waals surface area contributed by atoms with E-state index in [1.165, 1.54) is 18.9 Å². The third-order valence-corrected chi connectivity index (χ3v) is 3.80. The Bertz CT molecular complexity index is 665. The van der Waals surface area contributed by atoms with E-state index in [2.05, 4.69) is 0 Å². The molecule has 0 radical (unpaired) electrons. The number of hydrogen-bond donors (Lipinski definition) is 1. The molecule has 1 unspecified atom stereocenters. The average molecular weight is 269 g/mol. The first-order valence-corrected chi connectivity index (χ1v) is 6.77. The summed E-state index contributed by atoms with van der Waals surface area (Å²) >= 11 is 0. The topological polar surface area (TPSA) is 54.7 Å². The van der Waals surface area contributed by atoms with Gasteiger partial charge in [0.25, 0.3) is 0 Å². The van der Waals surface area contributed by atoms with E-state index in [0.717, 1.165) is 11.1 Å². The number of hydrogen-bond acceptors (Lipinski definition) is 2. The van der Waals surface area contributed by atoms with Gasteiger partial charge < -0.3 is 10.3 Å². The van der Waals surface area contributed by atoms with Crippen molar-refractivity contribution in [1.82, 2.24) is 4.57 Å². The molecule has 102 valence electrons. The zero-order valence-corrected chi connectivity index (χ0v) is 11.1. The van der Waals surface area contributed by atoms with Crippen LogP contribution in [0.1, 0.15) is 35.6 Å². The molecule has 1 saturated carbocycles. The van der Waals surface area contributed by atoms with Crippen LogP contribution in [0.3, 0.4) is 0 Å². The fraction of sp³-hybridized carbons (Fsp3) is 0.312. The van der Waals surface area contributed by atoms with Gasteiger partial charge in [-0.1, -0.05) is 6.07 Å². The maximum atomic E-state index is 13.3. The third kappa shape index (κ3) is 2.59. The minimum absolute atomic E-state index is 0.0876. The van der Waals surface area contributed by atoms with Crippen molar-refractivity contribution in [2.24, 2.45) is 11.7 Å². The first-order valence-electron chi connectivity index (χ1n) is 6.77. The van der Waals surface area contributed by atoms with Gasteiger partial charge in [0, 0.05) is 25.0 Å². The lowest BCUT2D eigenvalue weighted by atomic mass is 10.1. The van der Waals surface area contributed by atoms with Gasteiger partial charge in [-0.3, -0.25) is 0 Å². The summed E-state index contributed by atoms with van der Waals surface area (Å²) in [7, 11) is 0. The third-order valence-electron chi connectivity index (χ3n) is 3.80. The molecule has 1 atom stereocenters. The molecule has 1 aromatic carbocycles. The van der Waals surface area contributed by atoms with Gasteiger partial charge >= 0.3 is 0 Å². The van der Waals surface area contributed by atoms with Crippen LogP contribution in [-0.2, 0) is 6.54 Å². The first-order chi connectivity index (χ1) is 9.67. The summed E-state index contributed by atoms with van der Waals surface area (Å²) in [5.41, 5.74) is 8.31. The summed E-state index contributed by atoms with van der Waals surface area (Å²) in [5, 5.41) is 8.84. The molecule has 0 saturated heterocycles. The fourth-order valence-corrected chi connectivity index (χ4v) is 2.45. The van der Waals surface area contributed by atoms with Crippen molar-refractivity contribution in [2.75, 3.05) is 0 Å². The Labute approximate surface area is 117 Å². The molecule has 0 amide bonds. The smallest absolute Gasteiger partial charge is 0.140 e. The second kappa shape index (κ2) is 5.10. The van der Waals surface area contributed by atoms with E-state index < -0.39 is 5.82 Å². The van der Waals surface area contributed by atoms with Crippen molar-refractivity contribution in [3.63, 3.8) is 0 Å². The second-order valence-electron chi connectivity index (χ2n) is 5.41.